The molecule has 0 saturated carbocycles. The number of nitrogens with zero attached hydrogens (tertiary/aromatic N) is 3. The SMILES string of the molecule is CC(C)(C)CN1CCC(N2CCCC(C(=O)NCc3ccccn3)C2)CC1. The second-order valence-electron chi connectivity index (χ2n) is 9.44. The first kappa shape index (κ1) is 20.3. The molecule has 27 heavy (non-hydrogen) atoms. The Morgan fingerprint density at radius 3 is 2.63 bits per heavy atom. The van der Waals surface area contributed by atoms with Crippen molar-refractivity contribution in [2.24, 2.45) is 11.3 Å². The van der Waals surface area contributed by atoms with E-state index in [0.29, 0.717) is 18.0 Å². The Bertz CT molecular complexity index is 590. The minimum Gasteiger partial charge on any atom is -0.350 e. The molecule has 1 atom stereocenters. The molecule has 0 spiro atoms. The maximum Gasteiger partial charge on any atom is 0.224 e. The van der Waals surface area contributed by atoms with Crippen molar-refractivity contribution in [1.29, 1.82) is 0 Å². The normalized spacial score (nSPS) is 23.3. The average Bonchev–Trinajstić information content (AvgIpc) is 2.66. The molecular formula is C22H36N4O. The number of hydrogen-bond acceptors (Lipinski definition) is 4. The molecule has 3 heterocycles. The van der Waals surface area contributed by atoms with Crippen LogP contribution in [0, 0.1) is 11.3 Å². The van der Waals surface area contributed by atoms with Gasteiger partial charge in [0.25, 0.3) is 0 Å². The number of pyridine rings is 1. The Labute approximate surface area is 164 Å². The summed E-state index contributed by atoms with van der Waals surface area (Å²) in [4.78, 5) is 22.1. The first-order valence-electron chi connectivity index (χ1n) is 10.5. The van der Waals surface area contributed by atoms with Crippen LogP contribution in [0.3, 0.4) is 0 Å². The lowest BCUT2D eigenvalue weighted by molar-refractivity contribution is -0.127. The fourth-order valence-electron chi connectivity index (χ4n) is 4.49. The van der Waals surface area contributed by atoms with Crippen LogP contribution in [0.1, 0.15) is 52.1 Å². The van der Waals surface area contributed by atoms with Crippen LogP contribution >= 0.6 is 0 Å². The molecule has 1 N–H and O–H groups in total. The van der Waals surface area contributed by atoms with E-state index in [1.165, 1.54) is 32.5 Å². The first-order chi connectivity index (χ1) is 12.9. The van der Waals surface area contributed by atoms with E-state index in [-0.39, 0.29) is 11.8 Å². The summed E-state index contributed by atoms with van der Waals surface area (Å²) in [5.74, 6) is 0.311. The fourth-order valence-corrected chi connectivity index (χ4v) is 4.49. The molecule has 2 saturated heterocycles. The average molecular weight is 373 g/mol. The summed E-state index contributed by atoms with van der Waals surface area (Å²) in [6, 6.07) is 6.46. The molecule has 0 aliphatic carbocycles. The van der Waals surface area contributed by atoms with E-state index in [0.717, 1.165) is 31.6 Å². The van der Waals surface area contributed by atoms with Gasteiger partial charge in [-0.3, -0.25) is 14.7 Å². The summed E-state index contributed by atoms with van der Waals surface area (Å²) < 4.78 is 0. The maximum absolute atomic E-state index is 12.6. The molecule has 1 unspecified atom stereocenters. The summed E-state index contributed by atoms with van der Waals surface area (Å²) in [7, 11) is 0. The molecule has 150 valence electrons. The van der Waals surface area contributed by atoms with Crippen molar-refractivity contribution >= 4 is 5.91 Å². The Morgan fingerprint density at radius 1 is 1.19 bits per heavy atom. The van der Waals surface area contributed by atoms with Crippen molar-refractivity contribution in [2.45, 2.75) is 59.0 Å². The number of carbonyl (C=O) groups excluding carboxylic acids is 1. The molecule has 2 aliphatic heterocycles. The molecular weight excluding hydrogens is 336 g/mol. The van der Waals surface area contributed by atoms with E-state index < -0.39 is 0 Å². The number of amides is 1. The zero-order chi connectivity index (χ0) is 19.3. The Kier molecular flexibility index (Phi) is 6.88. The lowest BCUT2D eigenvalue weighted by atomic mass is 9.91. The van der Waals surface area contributed by atoms with E-state index >= 15 is 0 Å². The van der Waals surface area contributed by atoms with Crippen LogP contribution in [0.15, 0.2) is 24.4 Å². The molecule has 2 aliphatic rings. The molecule has 1 aromatic rings. The molecule has 3 rings (SSSR count). The zero-order valence-corrected chi connectivity index (χ0v) is 17.3. The van der Waals surface area contributed by atoms with E-state index in [1.807, 2.05) is 18.2 Å². The number of likely N-dealkylation sites (tertiary alicyclic amines) is 2. The number of piperidine rings is 2. The van der Waals surface area contributed by atoms with Crippen LogP contribution in [0.25, 0.3) is 0 Å². The molecule has 5 nitrogen and oxygen atoms in total. The van der Waals surface area contributed by atoms with Crippen LogP contribution in [-0.4, -0.2) is 59.5 Å². The van der Waals surface area contributed by atoms with E-state index in [1.54, 1.807) is 6.20 Å². The highest BCUT2D eigenvalue weighted by molar-refractivity contribution is 5.78. The minimum absolute atomic E-state index is 0.120. The standard InChI is InChI=1S/C22H36N4O/c1-22(2,3)17-25-13-9-20(10-14-25)26-12-6-7-18(16-26)21(27)24-15-19-8-4-5-11-23-19/h4-5,8,11,18,20H,6-7,9-10,12-17H2,1-3H3,(H,24,27). The Morgan fingerprint density at radius 2 is 1.96 bits per heavy atom. The van der Waals surface area contributed by atoms with Gasteiger partial charge in [0.15, 0.2) is 0 Å². The largest absolute Gasteiger partial charge is 0.350 e. The maximum atomic E-state index is 12.6. The van der Waals surface area contributed by atoms with Crippen LogP contribution < -0.4 is 5.32 Å². The van der Waals surface area contributed by atoms with Gasteiger partial charge < -0.3 is 10.2 Å². The van der Waals surface area contributed by atoms with Crippen molar-refractivity contribution in [3.05, 3.63) is 30.1 Å². The summed E-state index contributed by atoms with van der Waals surface area (Å²) in [5, 5.41) is 3.09. The van der Waals surface area contributed by atoms with E-state index in [9.17, 15) is 4.79 Å². The highest BCUT2D eigenvalue weighted by Gasteiger charge is 2.32. The van der Waals surface area contributed by atoms with Gasteiger partial charge in [0.05, 0.1) is 18.2 Å². The summed E-state index contributed by atoms with van der Waals surface area (Å²) in [6.07, 6.45) is 6.38. The first-order valence-corrected chi connectivity index (χ1v) is 10.5. The topological polar surface area (TPSA) is 48.5 Å². The monoisotopic (exact) mass is 372 g/mol. The van der Waals surface area contributed by atoms with Crippen molar-refractivity contribution < 1.29 is 4.79 Å². The van der Waals surface area contributed by atoms with Crippen LogP contribution in [0.2, 0.25) is 0 Å². The van der Waals surface area contributed by atoms with Gasteiger partial charge in [-0.05, 0) is 62.9 Å². The number of carbonyl (C=O) groups is 1. The van der Waals surface area contributed by atoms with Gasteiger partial charge in [-0.1, -0.05) is 26.8 Å². The predicted octanol–water partition coefficient (Wildman–Crippen LogP) is 2.92. The van der Waals surface area contributed by atoms with Crippen molar-refractivity contribution in [3.8, 4) is 0 Å². The number of hydrogen-bond donors (Lipinski definition) is 1. The van der Waals surface area contributed by atoms with Crippen LogP contribution in [-0.2, 0) is 11.3 Å². The molecule has 5 heteroatoms. The Hall–Kier alpha value is -1.46. The zero-order valence-electron chi connectivity index (χ0n) is 17.3. The molecule has 0 bridgehead atoms. The third kappa shape index (κ3) is 6.28. The van der Waals surface area contributed by atoms with Gasteiger partial charge in [-0.15, -0.1) is 0 Å². The quantitative estimate of drug-likeness (QED) is 0.863. The lowest BCUT2D eigenvalue weighted by Gasteiger charge is -2.43. The Balaban J connectivity index is 1.44. The van der Waals surface area contributed by atoms with Gasteiger partial charge in [-0.2, -0.15) is 0 Å². The second kappa shape index (κ2) is 9.16. The van der Waals surface area contributed by atoms with Crippen molar-refractivity contribution in [1.82, 2.24) is 20.1 Å². The van der Waals surface area contributed by atoms with Gasteiger partial charge in [0.2, 0.25) is 5.91 Å². The number of aromatic nitrogens is 1. The van der Waals surface area contributed by atoms with Gasteiger partial charge in [-0.25, -0.2) is 0 Å². The summed E-state index contributed by atoms with van der Waals surface area (Å²) in [5.41, 5.74) is 1.29. The molecule has 0 aromatic carbocycles. The molecule has 0 radical (unpaired) electrons. The number of nitrogens with one attached hydrogen (secondary N) is 1. The third-order valence-corrected chi connectivity index (χ3v) is 5.76. The van der Waals surface area contributed by atoms with Gasteiger partial charge >= 0.3 is 0 Å². The van der Waals surface area contributed by atoms with Gasteiger partial charge in [0.1, 0.15) is 0 Å². The smallest absolute Gasteiger partial charge is 0.224 e. The fraction of sp³-hybridized carbons (Fsp3) is 0.727. The van der Waals surface area contributed by atoms with Crippen molar-refractivity contribution in [3.63, 3.8) is 0 Å². The molecule has 1 aromatic heterocycles. The highest BCUT2D eigenvalue weighted by atomic mass is 16.1. The van der Waals surface area contributed by atoms with Crippen LogP contribution in [0.5, 0.6) is 0 Å². The highest BCUT2D eigenvalue weighted by Crippen LogP contribution is 2.25. The third-order valence-electron chi connectivity index (χ3n) is 5.76. The van der Waals surface area contributed by atoms with E-state index in [4.69, 9.17) is 0 Å². The van der Waals surface area contributed by atoms with Crippen molar-refractivity contribution in [2.75, 3.05) is 32.7 Å². The number of rotatable bonds is 5. The predicted molar refractivity (Wildman–Crippen MR) is 109 cm³/mol. The van der Waals surface area contributed by atoms with Crippen LogP contribution in [0.4, 0.5) is 0 Å². The summed E-state index contributed by atoms with van der Waals surface area (Å²) >= 11 is 0. The van der Waals surface area contributed by atoms with Gasteiger partial charge in [0, 0.05) is 25.3 Å². The lowest BCUT2D eigenvalue weighted by Crippen LogP contribution is -2.51. The minimum atomic E-state index is 0.120. The summed E-state index contributed by atoms with van der Waals surface area (Å²) in [6.45, 7) is 13.1. The molecule has 1 amide bonds. The molecule has 2 fully saturated rings. The van der Waals surface area contributed by atoms with E-state index in [2.05, 4.69) is 40.9 Å². The second-order valence-corrected chi connectivity index (χ2v) is 9.44.